The molecule has 88 valence electrons. The average Bonchev–Trinajstić information content (AvgIpc) is 2.15. The van der Waals surface area contributed by atoms with E-state index in [0.717, 1.165) is 0 Å². The molecule has 1 amide bonds. The van der Waals surface area contributed by atoms with Crippen LogP contribution in [0.15, 0.2) is 18.2 Å². The second-order valence-corrected chi connectivity index (χ2v) is 4.22. The summed E-state index contributed by atoms with van der Waals surface area (Å²) in [6.07, 6.45) is 0. The van der Waals surface area contributed by atoms with Crippen molar-refractivity contribution in [1.29, 1.82) is 0 Å². The van der Waals surface area contributed by atoms with E-state index in [4.69, 9.17) is 17.3 Å². The molecule has 0 saturated carbocycles. The molecule has 0 aliphatic rings. The minimum absolute atomic E-state index is 0.0668. The van der Waals surface area contributed by atoms with Crippen molar-refractivity contribution in [2.45, 2.75) is 19.9 Å². The fourth-order valence-corrected chi connectivity index (χ4v) is 1.48. The van der Waals surface area contributed by atoms with E-state index in [1.54, 1.807) is 18.2 Å². The van der Waals surface area contributed by atoms with E-state index in [2.05, 4.69) is 10.6 Å². The predicted molar refractivity (Wildman–Crippen MR) is 67.6 cm³/mol. The maximum Gasteiger partial charge on any atom is 0.239 e. The summed E-state index contributed by atoms with van der Waals surface area (Å²) in [5, 5.41) is 6.23. The van der Waals surface area contributed by atoms with Gasteiger partial charge >= 0.3 is 0 Å². The lowest BCUT2D eigenvalue weighted by Crippen LogP contribution is -2.34. The van der Waals surface area contributed by atoms with E-state index in [0.29, 0.717) is 16.4 Å². The van der Waals surface area contributed by atoms with Crippen LogP contribution >= 0.6 is 11.6 Å². The fourth-order valence-electron chi connectivity index (χ4n) is 1.22. The summed E-state index contributed by atoms with van der Waals surface area (Å²) in [6.45, 7) is 4.02. The third-order valence-corrected chi connectivity index (χ3v) is 2.19. The first-order chi connectivity index (χ1) is 7.49. The minimum Gasteiger partial charge on any atom is -0.399 e. The predicted octanol–water partition coefficient (Wildman–Crippen LogP) is 1.86. The summed E-state index contributed by atoms with van der Waals surface area (Å²) in [6, 6.07) is 5.26. The lowest BCUT2D eigenvalue weighted by atomic mass is 10.3. The second-order valence-electron chi connectivity index (χ2n) is 3.82. The molecule has 0 atom stereocenters. The average molecular weight is 242 g/mol. The quantitative estimate of drug-likeness (QED) is 0.705. The van der Waals surface area contributed by atoms with Crippen molar-refractivity contribution in [2.75, 3.05) is 17.6 Å². The number of anilines is 2. The molecule has 0 aliphatic heterocycles. The highest BCUT2D eigenvalue weighted by Gasteiger charge is 2.05. The zero-order valence-corrected chi connectivity index (χ0v) is 10.1. The van der Waals surface area contributed by atoms with Crippen LogP contribution in [0.5, 0.6) is 0 Å². The summed E-state index contributed by atoms with van der Waals surface area (Å²) in [4.78, 5) is 11.4. The molecule has 1 rings (SSSR count). The number of nitrogens with one attached hydrogen (secondary N) is 2. The van der Waals surface area contributed by atoms with Crippen molar-refractivity contribution >= 4 is 28.9 Å². The maximum atomic E-state index is 11.4. The van der Waals surface area contributed by atoms with Gasteiger partial charge in [-0.15, -0.1) is 0 Å². The Hall–Kier alpha value is -1.42. The van der Waals surface area contributed by atoms with Crippen LogP contribution in [0, 0.1) is 0 Å². The number of benzene rings is 1. The Morgan fingerprint density at radius 1 is 1.50 bits per heavy atom. The number of hydrogen-bond acceptors (Lipinski definition) is 3. The molecular weight excluding hydrogens is 226 g/mol. The number of amides is 1. The van der Waals surface area contributed by atoms with E-state index < -0.39 is 0 Å². The van der Waals surface area contributed by atoms with Crippen molar-refractivity contribution in [3.8, 4) is 0 Å². The molecule has 0 bridgehead atoms. The lowest BCUT2D eigenvalue weighted by molar-refractivity contribution is -0.119. The van der Waals surface area contributed by atoms with E-state index in [9.17, 15) is 4.79 Å². The Morgan fingerprint density at radius 3 is 2.75 bits per heavy atom. The van der Waals surface area contributed by atoms with E-state index >= 15 is 0 Å². The Balaban J connectivity index is 2.51. The molecule has 16 heavy (non-hydrogen) atoms. The van der Waals surface area contributed by atoms with Crippen LogP contribution in [0.3, 0.4) is 0 Å². The summed E-state index contributed by atoms with van der Waals surface area (Å²) < 4.78 is 0. The maximum absolute atomic E-state index is 11.4. The zero-order valence-electron chi connectivity index (χ0n) is 9.38. The molecule has 4 nitrogen and oxygen atoms in total. The molecule has 4 N–H and O–H groups in total. The number of hydrogen-bond donors (Lipinski definition) is 3. The second kappa shape index (κ2) is 5.61. The molecule has 1 aromatic carbocycles. The van der Waals surface area contributed by atoms with Gasteiger partial charge < -0.3 is 16.4 Å². The molecule has 0 fully saturated rings. The fraction of sp³-hybridized carbons (Fsp3) is 0.364. The largest absolute Gasteiger partial charge is 0.399 e. The molecule has 0 spiro atoms. The molecule has 0 aromatic heterocycles. The highest BCUT2D eigenvalue weighted by molar-refractivity contribution is 6.33. The number of nitrogen functional groups attached to an aromatic ring is 1. The zero-order chi connectivity index (χ0) is 12.1. The van der Waals surface area contributed by atoms with Gasteiger partial charge in [0.25, 0.3) is 0 Å². The standard InChI is InChI=1S/C11H16ClN3O/c1-7(2)15-11(16)6-14-10-4-3-8(13)5-9(10)12/h3-5,7,14H,6,13H2,1-2H3,(H,15,16). The van der Waals surface area contributed by atoms with Gasteiger partial charge in [-0.2, -0.15) is 0 Å². The van der Waals surface area contributed by atoms with Crippen molar-refractivity contribution in [1.82, 2.24) is 5.32 Å². The van der Waals surface area contributed by atoms with Crippen molar-refractivity contribution in [2.24, 2.45) is 0 Å². The first-order valence-electron chi connectivity index (χ1n) is 5.07. The van der Waals surface area contributed by atoms with Crippen molar-refractivity contribution < 1.29 is 4.79 Å². The smallest absolute Gasteiger partial charge is 0.239 e. The number of halogens is 1. The van der Waals surface area contributed by atoms with Gasteiger partial charge in [0.2, 0.25) is 5.91 Å². The number of carbonyl (C=O) groups excluding carboxylic acids is 1. The summed E-state index contributed by atoms with van der Waals surface area (Å²) >= 11 is 5.94. The van der Waals surface area contributed by atoms with Gasteiger partial charge in [0.05, 0.1) is 17.3 Å². The van der Waals surface area contributed by atoms with Crippen LogP contribution in [-0.2, 0) is 4.79 Å². The van der Waals surface area contributed by atoms with Crippen LogP contribution in [0.2, 0.25) is 5.02 Å². The van der Waals surface area contributed by atoms with Gasteiger partial charge in [0.1, 0.15) is 0 Å². The monoisotopic (exact) mass is 241 g/mol. The molecule has 1 aromatic rings. The topological polar surface area (TPSA) is 67.2 Å². The van der Waals surface area contributed by atoms with Gasteiger partial charge in [0, 0.05) is 11.7 Å². The van der Waals surface area contributed by atoms with Crippen molar-refractivity contribution in [3.63, 3.8) is 0 Å². The first-order valence-corrected chi connectivity index (χ1v) is 5.45. The highest BCUT2D eigenvalue weighted by Crippen LogP contribution is 2.23. The number of carbonyl (C=O) groups is 1. The molecule has 0 aliphatic carbocycles. The van der Waals surface area contributed by atoms with E-state index in [1.807, 2.05) is 13.8 Å². The minimum atomic E-state index is -0.0668. The highest BCUT2D eigenvalue weighted by atomic mass is 35.5. The van der Waals surface area contributed by atoms with Crippen LogP contribution in [0.1, 0.15) is 13.8 Å². The molecule has 5 heteroatoms. The van der Waals surface area contributed by atoms with Crippen LogP contribution in [-0.4, -0.2) is 18.5 Å². The van der Waals surface area contributed by atoms with E-state index in [-0.39, 0.29) is 18.5 Å². The van der Waals surface area contributed by atoms with Gasteiger partial charge in [-0.3, -0.25) is 4.79 Å². The first kappa shape index (κ1) is 12.6. The summed E-state index contributed by atoms with van der Waals surface area (Å²) in [5.41, 5.74) is 6.86. The third kappa shape index (κ3) is 3.98. The van der Waals surface area contributed by atoms with E-state index in [1.165, 1.54) is 0 Å². The van der Waals surface area contributed by atoms with Gasteiger partial charge in [-0.05, 0) is 32.0 Å². The normalized spacial score (nSPS) is 10.2. The Bertz CT molecular complexity index is 379. The lowest BCUT2D eigenvalue weighted by Gasteiger charge is -2.11. The van der Waals surface area contributed by atoms with Crippen molar-refractivity contribution in [3.05, 3.63) is 23.2 Å². The molecular formula is C11H16ClN3O. The summed E-state index contributed by atoms with van der Waals surface area (Å²) in [5.74, 6) is -0.0668. The number of nitrogens with two attached hydrogens (primary N) is 1. The Labute approximate surface area is 100 Å². The Morgan fingerprint density at radius 2 is 2.19 bits per heavy atom. The molecule has 0 unspecified atom stereocenters. The third-order valence-electron chi connectivity index (χ3n) is 1.88. The molecule has 0 heterocycles. The van der Waals surface area contributed by atoms with Crippen LogP contribution < -0.4 is 16.4 Å². The van der Waals surface area contributed by atoms with Gasteiger partial charge in [0.15, 0.2) is 0 Å². The molecule has 0 radical (unpaired) electrons. The number of rotatable bonds is 4. The van der Waals surface area contributed by atoms with Gasteiger partial charge in [-0.1, -0.05) is 11.6 Å². The molecule has 0 saturated heterocycles. The SMILES string of the molecule is CC(C)NC(=O)CNc1ccc(N)cc1Cl. The van der Waals surface area contributed by atoms with Crippen LogP contribution in [0.4, 0.5) is 11.4 Å². The van der Waals surface area contributed by atoms with Gasteiger partial charge in [-0.25, -0.2) is 0 Å². The Kier molecular flexibility index (Phi) is 4.43. The van der Waals surface area contributed by atoms with Crippen LogP contribution in [0.25, 0.3) is 0 Å². The summed E-state index contributed by atoms with van der Waals surface area (Å²) in [7, 11) is 0.